The van der Waals surface area contributed by atoms with Crippen LogP contribution >= 0.6 is 0 Å². The van der Waals surface area contributed by atoms with E-state index < -0.39 is 0 Å². The summed E-state index contributed by atoms with van der Waals surface area (Å²) in [5.74, 6) is 1.37. The molecular formula is C20H25N3O3. The zero-order chi connectivity index (χ0) is 18.1. The average Bonchev–Trinajstić information content (AvgIpc) is 3.45. The molecule has 1 aromatic carbocycles. The SMILES string of the molecule is COc1ccc2[nH]cc(CC(=O)N3CCC(NC(=O)C4CC4)CC3)c2c1. The maximum absolute atomic E-state index is 12.7. The number of carbonyl (C=O) groups excluding carboxylic acids is 2. The van der Waals surface area contributed by atoms with Gasteiger partial charge in [-0.2, -0.15) is 0 Å². The van der Waals surface area contributed by atoms with Gasteiger partial charge >= 0.3 is 0 Å². The number of aromatic amines is 1. The first-order valence-corrected chi connectivity index (χ1v) is 9.36. The third kappa shape index (κ3) is 3.54. The number of ether oxygens (including phenoxy) is 1. The van der Waals surface area contributed by atoms with Crippen molar-refractivity contribution in [2.45, 2.75) is 38.1 Å². The second-order valence-electron chi connectivity index (χ2n) is 7.34. The van der Waals surface area contributed by atoms with Crippen molar-refractivity contribution in [3.63, 3.8) is 0 Å². The summed E-state index contributed by atoms with van der Waals surface area (Å²) < 4.78 is 5.29. The number of carbonyl (C=O) groups is 2. The highest BCUT2D eigenvalue weighted by molar-refractivity contribution is 5.89. The second kappa shape index (κ2) is 7.02. The summed E-state index contributed by atoms with van der Waals surface area (Å²) in [5, 5.41) is 4.16. The molecule has 2 amide bonds. The van der Waals surface area contributed by atoms with Crippen LogP contribution in [0.25, 0.3) is 10.9 Å². The Balaban J connectivity index is 1.34. The molecule has 0 radical (unpaired) electrons. The van der Waals surface area contributed by atoms with Crippen LogP contribution in [0.5, 0.6) is 5.75 Å². The summed E-state index contributed by atoms with van der Waals surface area (Å²) in [6.07, 6.45) is 6.02. The fourth-order valence-corrected chi connectivity index (χ4v) is 3.64. The highest BCUT2D eigenvalue weighted by Gasteiger charge is 2.32. The molecule has 6 heteroatoms. The minimum Gasteiger partial charge on any atom is -0.497 e. The van der Waals surface area contributed by atoms with Gasteiger partial charge in [0, 0.05) is 42.1 Å². The lowest BCUT2D eigenvalue weighted by atomic mass is 10.0. The number of methoxy groups -OCH3 is 1. The van der Waals surface area contributed by atoms with Crippen LogP contribution in [-0.2, 0) is 16.0 Å². The van der Waals surface area contributed by atoms with Crippen molar-refractivity contribution in [2.75, 3.05) is 20.2 Å². The van der Waals surface area contributed by atoms with E-state index in [1.807, 2.05) is 29.3 Å². The van der Waals surface area contributed by atoms with Crippen LogP contribution in [0.2, 0.25) is 0 Å². The van der Waals surface area contributed by atoms with E-state index in [9.17, 15) is 9.59 Å². The van der Waals surface area contributed by atoms with Gasteiger partial charge in [0.05, 0.1) is 13.5 Å². The largest absolute Gasteiger partial charge is 0.497 e. The number of nitrogens with zero attached hydrogens (tertiary/aromatic N) is 1. The molecule has 138 valence electrons. The standard InChI is InChI=1S/C20H25N3O3/c1-26-16-4-5-18-17(11-16)14(12-21-18)10-19(24)23-8-6-15(7-9-23)22-20(25)13-2-3-13/h4-5,11-13,15,21H,2-3,6-10H2,1H3,(H,22,25). The number of hydrogen-bond acceptors (Lipinski definition) is 3. The number of amides is 2. The maximum atomic E-state index is 12.7. The average molecular weight is 355 g/mol. The molecule has 1 aromatic heterocycles. The topological polar surface area (TPSA) is 74.4 Å². The van der Waals surface area contributed by atoms with Crippen molar-refractivity contribution in [1.29, 1.82) is 0 Å². The van der Waals surface area contributed by atoms with Crippen LogP contribution in [0.15, 0.2) is 24.4 Å². The van der Waals surface area contributed by atoms with E-state index in [0.717, 1.165) is 47.9 Å². The van der Waals surface area contributed by atoms with Crippen LogP contribution in [0.1, 0.15) is 31.2 Å². The zero-order valence-corrected chi connectivity index (χ0v) is 15.1. The van der Waals surface area contributed by atoms with Crippen molar-refractivity contribution in [1.82, 2.24) is 15.2 Å². The number of nitrogens with one attached hydrogen (secondary N) is 2. The van der Waals surface area contributed by atoms with E-state index in [2.05, 4.69) is 10.3 Å². The molecule has 2 aromatic rings. The Hall–Kier alpha value is -2.50. The third-order valence-corrected chi connectivity index (χ3v) is 5.46. The molecule has 1 saturated heterocycles. The molecule has 6 nitrogen and oxygen atoms in total. The van der Waals surface area contributed by atoms with Gasteiger partial charge in [0.1, 0.15) is 5.75 Å². The molecule has 2 fully saturated rings. The first kappa shape index (κ1) is 16.9. The number of rotatable bonds is 5. The highest BCUT2D eigenvalue weighted by Crippen LogP contribution is 2.29. The highest BCUT2D eigenvalue weighted by atomic mass is 16.5. The van der Waals surface area contributed by atoms with Gasteiger partial charge in [-0.3, -0.25) is 9.59 Å². The van der Waals surface area contributed by atoms with Gasteiger partial charge in [-0.25, -0.2) is 0 Å². The number of piperidine rings is 1. The summed E-state index contributed by atoms with van der Waals surface area (Å²) in [6, 6.07) is 6.06. The van der Waals surface area contributed by atoms with Crippen LogP contribution in [-0.4, -0.2) is 47.9 Å². The molecule has 2 N–H and O–H groups in total. The van der Waals surface area contributed by atoms with E-state index in [1.165, 1.54) is 0 Å². The second-order valence-corrected chi connectivity index (χ2v) is 7.34. The van der Waals surface area contributed by atoms with Gasteiger partial charge in [-0.05, 0) is 49.4 Å². The molecule has 1 saturated carbocycles. The number of fused-ring (bicyclic) bond motifs is 1. The van der Waals surface area contributed by atoms with E-state index in [4.69, 9.17) is 4.74 Å². The minimum absolute atomic E-state index is 0.140. The number of likely N-dealkylation sites (tertiary alicyclic amines) is 1. The van der Waals surface area contributed by atoms with Crippen molar-refractivity contribution >= 4 is 22.7 Å². The quantitative estimate of drug-likeness (QED) is 0.864. The Morgan fingerprint density at radius 3 is 2.69 bits per heavy atom. The summed E-state index contributed by atoms with van der Waals surface area (Å²) in [7, 11) is 1.64. The van der Waals surface area contributed by atoms with Gasteiger partial charge in [0.15, 0.2) is 0 Å². The Morgan fingerprint density at radius 2 is 2.00 bits per heavy atom. The van der Waals surface area contributed by atoms with Crippen molar-refractivity contribution in [3.05, 3.63) is 30.0 Å². The van der Waals surface area contributed by atoms with E-state index in [0.29, 0.717) is 19.5 Å². The Bertz CT molecular complexity index is 817. The molecule has 0 bridgehead atoms. The van der Waals surface area contributed by atoms with E-state index >= 15 is 0 Å². The molecule has 4 rings (SSSR count). The van der Waals surface area contributed by atoms with E-state index in [-0.39, 0.29) is 23.8 Å². The molecule has 0 atom stereocenters. The van der Waals surface area contributed by atoms with Crippen molar-refractivity contribution in [2.24, 2.45) is 5.92 Å². The molecule has 0 unspecified atom stereocenters. The van der Waals surface area contributed by atoms with Crippen LogP contribution < -0.4 is 10.1 Å². The van der Waals surface area contributed by atoms with Gasteiger partial charge in [-0.15, -0.1) is 0 Å². The van der Waals surface area contributed by atoms with Gasteiger partial charge in [0.2, 0.25) is 11.8 Å². The summed E-state index contributed by atoms with van der Waals surface area (Å²) in [6.45, 7) is 1.42. The predicted molar refractivity (Wildman–Crippen MR) is 99.0 cm³/mol. The predicted octanol–water partition coefficient (Wildman–Crippen LogP) is 2.24. The molecule has 2 heterocycles. The molecular weight excluding hydrogens is 330 g/mol. The lowest BCUT2D eigenvalue weighted by Crippen LogP contribution is -2.47. The molecule has 2 aliphatic rings. The molecule has 26 heavy (non-hydrogen) atoms. The fourth-order valence-electron chi connectivity index (χ4n) is 3.64. The molecule has 0 spiro atoms. The van der Waals surface area contributed by atoms with E-state index in [1.54, 1.807) is 7.11 Å². The Labute approximate surface area is 152 Å². The van der Waals surface area contributed by atoms with Crippen molar-refractivity contribution in [3.8, 4) is 5.75 Å². The number of benzene rings is 1. The fraction of sp³-hybridized carbons (Fsp3) is 0.500. The first-order valence-electron chi connectivity index (χ1n) is 9.36. The first-order chi connectivity index (χ1) is 12.6. The minimum atomic E-state index is 0.140. The lowest BCUT2D eigenvalue weighted by Gasteiger charge is -2.32. The third-order valence-electron chi connectivity index (χ3n) is 5.46. The monoisotopic (exact) mass is 355 g/mol. The number of hydrogen-bond donors (Lipinski definition) is 2. The van der Waals surface area contributed by atoms with Gasteiger partial charge < -0.3 is 19.9 Å². The maximum Gasteiger partial charge on any atom is 0.227 e. The van der Waals surface area contributed by atoms with Crippen molar-refractivity contribution < 1.29 is 14.3 Å². The lowest BCUT2D eigenvalue weighted by molar-refractivity contribution is -0.131. The van der Waals surface area contributed by atoms with Gasteiger partial charge in [0.25, 0.3) is 0 Å². The number of H-pyrrole nitrogens is 1. The molecule has 1 aliphatic carbocycles. The van der Waals surface area contributed by atoms with Crippen LogP contribution in [0.4, 0.5) is 0 Å². The smallest absolute Gasteiger partial charge is 0.227 e. The zero-order valence-electron chi connectivity index (χ0n) is 15.1. The van der Waals surface area contributed by atoms with Gasteiger partial charge in [-0.1, -0.05) is 0 Å². The summed E-state index contributed by atoms with van der Waals surface area (Å²) in [5.41, 5.74) is 2.00. The summed E-state index contributed by atoms with van der Waals surface area (Å²) >= 11 is 0. The summed E-state index contributed by atoms with van der Waals surface area (Å²) in [4.78, 5) is 29.7. The Kier molecular flexibility index (Phi) is 4.57. The number of aromatic nitrogens is 1. The molecule has 1 aliphatic heterocycles. The normalized spacial score (nSPS) is 18.1. The van der Waals surface area contributed by atoms with Crippen LogP contribution in [0, 0.1) is 5.92 Å². The Morgan fingerprint density at radius 1 is 1.23 bits per heavy atom. The van der Waals surface area contributed by atoms with Crippen LogP contribution in [0.3, 0.4) is 0 Å².